The third-order valence-corrected chi connectivity index (χ3v) is 14.8. The van der Waals surface area contributed by atoms with Crippen LogP contribution in [0.2, 0.25) is 35.8 Å². The van der Waals surface area contributed by atoms with E-state index in [1.54, 1.807) is 0 Å². The molecule has 0 atom stereocenters. The summed E-state index contributed by atoms with van der Waals surface area (Å²) in [6, 6.07) is 11.8. The number of benzene rings is 1. The highest BCUT2D eigenvalue weighted by atomic mass is 28.4. The summed E-state index contributed by atoms with van der Waals surface area (Å²) in [6.45, 7) is 21.1. The van der Waals surface area contributed by atoms with E-state index in [1.165, 1.54) is 18.0 Å². The third kappa shape index (κ3) is 6.66. The molecule has 25 heavy (non-hydrogen) atoms. The molecule has 2 nitrogen and oxygen atoms in total. The van der Waals surface area contributed by atoms with Crippen LogP contribution in [0.1, 0.15) is 53.5 Å². The fourth-order valence-corrected chi connectivity index (χ4v) is 11.9. The topological polar surface area (TPSA) is 21.3 Å². The normalized spacial score (nSPS) is 13.2. The van der Waals surface area contributed by atoms with Gasteiger partial charge in [0.25, 0.3) is 0 Å². The Morgan fingerprint density at radius 3 is 1.88 bits per heavy atom. The largest absolute Gasteiger partial charge is 0.413 e. The second kappa shape index (κ2) is 10.0. The third-order valence-electron chi connectivity index (χ3n) is 5.73. The maximum absolute atomic E-state index is 6.31. The van der Waals surface area contributed by atoms with Crippen molar-refractivity contribution in [2.45, 2.75) is 90.3 Å². The van der Waals surface area contributed by atoms with Gasteiger partial charge in [-0.05, 0) is 54.3 Å². The van der Waals surface area contributed by atoms with E-state index in [4.69, 9.17) is 4.43 Å². The van der Waals surface area contributed by atoms with E-state index in [-0.39, 0.29) is 0 Å². The van der Waals surface area contributed by atoms with Crippen molar-refractivity contribution in [3.8, 4) is 0 Å². The van der Waals surface area contributed by atoms with Crippen LogP contribution in [0.4, 0.5) is 0 Å². The van der Waals surface area contributed by atoms with E-state index in [0.717, 1.165) is 29.8 Å². The van der Waals surface area contributed by atoms with Gasteiger partial charge in [0.15, 0.2) is 8.32 Å². The van der Waals surface area contributed by atoms with Crippen molar-refractivity contribution in [1.29, 1.82) is 0 Å². The maximum atomic E-state index is 6.31. The van der Waals surface area contributed by atoms with Crippen molar-refractivity contribution in [3.63, 3.8) is 0 Å². The summed E-state index contributed by atoms with van der Waals surface area (Å²) in [5, 5.41) is 0. The van der Waals surface area contributed by atoms with Crippen LogP contribution in [0, 0.1) is 0 Å². The Kier molecular flexibility index (Phi) is 9.09. The van der Waals surface area contributed by atoms with Crippen molar-refractivity contribution in [1.82, 2.24) is 4.98 Å². The zero-order chi connectivity index (χ0) is 19.1. The summed E-state index contributed by atoms with van der Waals surface area (Å²) in [5.41, 5.74) is 3.60. The van der Waals surface area contributed by atoms with Gasteiger partial charge in [-0.25, -0.2) is 0 Å². The van der Waals surface area contributed by atoms with Crippen molar-refractivity contribution in [2.75, 3.05) is 6.54 Å². The Morgan fingerprint density at radius 1 is 0.880 bits per heavy atom. The summed E-state index contributed by atoms with van der Waals surface area (Å²) < 4.78 is 6.31. The molecular formula is C21H41NOSi2. The number of rotatable bonds is 11. The minimum atomic E-state index is -1.59. The molecule has 0 radical (unpaired) electrons. The van der Waals surface area contributed by atoms with Crippen LogP contribution in [-0.4, -0.2) is 23.1 Å². The summed E-state index contributed by atoms with van der Waals surface area (Å²) in [5.74, 6) is 0. The molecule has 0 heterocycles. The molecule has 0 amide bonds. The first-order valence-corrected chi connectivity index (χ1v) is 15.4. The highest BCUT2D eigenvalue weighted by Gasteiger charge is 2.42. The van der Waals surface area contributed by atoms with E-state index in [1.807, 2.05) is 0 Å². The first-order chi connectivity index (χ1) is 11.6. The van der Waals surface area contributed by atoms with Crippen LogP contribution >= 0.6 is 0 Å². The predicted molar refractivity (Wildman–Crippen MR) is 117 cm³/mol. The molecule has 0 spiro atoms. The van der Waals surface area contributed by atoms with Crippen LogP contribution in [0.5, 0.6) is 0 Å². The van der Waals surface area contributed by atoms with Crippen molar-refractivity contribution < 1.29 is 4.43 Å². The van der Waals surface area contributed by atoms with Crippen molar-refractivity contribution in [2.24, 2.45) is 0 Å². The molecule has 1 N–H and O–H groups in total. The molecule has 0 unspecified atom stereocenters. The lowest BCUT2D eigenvalue weighted by molar-refractivity contribution is 0.294. The molecule has 0 aliphatic heterocycles. The molecule has 1 rings (SSSR count). The lowest BCUT2D eigenvalue weighted by Gasteiger charge is -2.44. The van der Waals surface area contributed by atoms with Crippen molar-refractivity contribution >= 4 is 16.6 Å². The van der Waals surface area contributed by atoms with Gasteiger partial charge in [-0.3, -0.25) is 0 Å². The lowest BCUT2D eigenvalue weighted by atomic mass is 10.2. The molecule has 0 aliphatic carbocycles. The molecule has 0 bridgehead atoms. The average Bonchev–Trinajstić information content (AvgIpc) is 2.53. The number of nitrogens with one attached hydrogen (secondary N) is 1. The van der Waals surface area contributed by atoms with E-state index in [2.05, 4.69) is 90.0 Å². The number of hydrogen-bond donors (Lipinski definition) is 1. The molecule has 4 heteroatoms. The highest BCUT2D eigenvalue weighted by molar-refractivity contribution is 6.81. The Balaban J connectivity index is 2.48. The van der Waals surface area contributed by atoms with Gasteiger partial charge in [0.2, 0.25) is 0 Å². The highest BCUT2D eigenvalue weighted by Crippen LogP contribution is 2.39. The van der Waals surface area contributed by atoms with E-state index < -0.39 is 16.6 Å². The molecule has 0 aromatic heterocycles. The van der Waals surface area contributed by atoms with Gasteiger partial charge >= 0.3 is 0 Å². The van der Waals surface area contributed by atoms with Gasteiger partial charge < -0.3 is 9.41 Å². The molecule has 0 fully saturated rings. The molecule has 0 saturated heterocycles. The summed E-state index contributed by atoms with van der Waals surface area (Å²) in [6.07, 6.45) is 1.23. The second-order valence-electron chi connectivity index (χ2n) is 8.96. The van der Waals surface area contributed by atoms with Crippen LogP contribution in [0.15, 0.2) is 30.3 Å². The molecule has 0 saturated carbocycles. The summed E-state index contributed by atoms with van der Waals surface area (Å²) in [7, 11) is -3.06. The fraction of sp³-hybridized carbons (Fsp3) is 0.714. The second-order valence-corrected chi connectivity index (χ2v) is 19.0. The Morgan fingerprint density at radius 2 is 1.40 bits per heavy atom. The van der Waals surface area contributed by atoms with Crippen molar-refractivity contribution in [3.05, 3.63) is 35.9 Å². The van der Waals surface area contributed by atoms with Gasteiger partial charge in [-0.1, -0.05) is 71.9 Å². The summed E-state index contributed by atoms with van der Waals surface area (Å²) >= 11 is 0. The predicted octanol–water partition coefficient (Wildman–Crippen LogP) is 6.56. The Labute approximate surface area is 159 Å². The van der Waals surface area contributed by atoms with E-state index in [9.17, 15) is 0 Å². The van der Waals surface area contributed by atoms with Gasteiger partial charge in [-0.15, -0.1) is 0 Å². The number of hydrogen-bond acceptors (Lipinski definition) is 2. The molecule has 0 aliphatic rings. The van der Waals surface area contributed by atoms with E-state index in [0.29, 0.717) is 0 Å². The Bertz CT molecular complexity index is 464. The minimum absolute atomic E-state index is 0.760. The van der Waals surface area contributed by atoms with Gasteiger partial charge in [-0.2, -0.15) is 0 Å². The smallest absolute Gasteiger partial charge is 0.187 e. The molecule has 1 aromatic rings. The maximum Gasteiger partial charge on any atom is 0.187 e. The monoisotopic (exact) mass is 379 g/mol. The first-order valence-electron chi connectivity index (χ1n) is 10.0. The molecule has 1 aromatic carbocycles. The minimum Gasteiger partial charge on any atom is -0.413 e. The SMILES string of the molecule is CC(C)[Si](NCCC[Si](C)(C)OCc1ccccc1)(C(C)C)C(C)C. The van der Waals surface area contributed by atoms with Gasteiger partial charge in [0, 0.05) is 0 Å². The van der Waals surface area contributed by atoms with E-state index >= 15 is 0 Å². The quantitative estimate of drug-likeness (QED) is 0.347. The van der Waals surface area contributed by atoms with Crippen LogP contribution in [0.3, 0.4) is 0 Å². The standard InChI is InChI=1S/C21H41NOSi2/c1-18(2)25(19(3)4,20(5)6)22-15-12-16-24(7,8)23-17-21-13-10-9-11-14-21/h9-11,13-14,18-20,22H,12,15-17H2,1-8H3. The zero-order valence-corrected chi connectivity index (χ0v) is 19.9. The zero-order valence-electron chi connectivity index (χ0n) is 17.9. The molecular weight excluding hydrogens is 338 g/mol. The first kappa shape index (κ1) is 22.6. The van der Waals surface area contributed by atoms with Crippen LogP contribution in [0.25, 0.3) is 0 Å². The van der Waals surface area contributed by atoms with Gasteiger partial charge in [0.1, 0.15) is 8.24 Å². The average molecular weight is 380 g/mol. The van der Waals surface area contributed by atoms with Crippen LogP contribution < -0.4 is 4.98 Å². The Hall–Kier alpha value is -0.426. The lowest BCUT2D eigenvalue weighted by Crippen LogP contribution is -2.58. The summed E-state index contributed by atoms with van der Waals surface area (Å²) in [4.78, 5) is 4.08. The fourth-order valence-electron chi connectivity index (χ4n) is 4.36. The van der Waals surface area contributed by atoms with Crippen LogP contribution in [-0.2, 0) is 11.0 Å². The van der Waals surface area contributed by atoms with Gasteiger partial charge in [0.05, 0.1) is 6.61 Å². The molecule has 144 valence electrons.